The first-order chi connectivity index (χ1) is 15.8. The maximum Gasteiger partial charge on any atom is 0.205 e. The van der Waals surface area contributed by atoms with Crippen LogP contribution >= 0.6 is 11.8 Å². The summed E-state index contributed by atoms with van der Waals surface area (Å²) in [5.41, 5.74) is 8.09. The normalized spacial score (nSPS) is 17.4. The number of hydrogen-bond acceptors (Lipinski definition) is 6. The molecule has 0 amide bonds. The standard InChI is InChI=1S/C24H31N7S/c1-3-5-8-16-25-24-31(28-22(32-24)9-4-2)17-18-12-14-19(15-13-18)20-10-6-7-11-21(20)23-26-29-30-27-23/h6-7,10-15,22,28H,3-5,8-9,16-17H2,1-2H3,(H,26,27,29,30). The highest BCUT2D eigenvalue weighted by Crippen LogP contribution is 2.31. The number of aromatic nitrogens is 4. The van der Waals surface area contributed by atoms with E-state index in [9.17, 15) is 0 Å². The molecule has 0 bridgehead atoms. The highest BCUT2D eigenvalue weighted by molar-refractivity contribution is 8.14. The van der Waals surface area contributed by atoms with Gasteiger partial charge in [0.05, 0.1) is 11.9 Å². The Bertz CT molecular complexity index is 1000. The molecule has 0 radical (unpaired) electrons. The van der Waals surface area contributed by atoms with Gasteiger partial charge in [-0.3, -0.25) is 10.0 Å². The minimum absolute atomic E-state index is 0.408. The topological polar surface area (TPSA) is 82.1 Å². The molecule has 1 fully saturated rings. The second-order valence-corrected chi connectivity index (χ2v) is 9.13. The second kappa shape index (κ2) is 11.2. The summed E-state index contributed by atoms with van der Waals surface area (Å²) in [5, 5.41) is 18.3. The van der Waals surface area contributed by atoms with Gasteiger partial charge in [0.2, 0.25) is 5.82 Å². The molecule has 1 aliphatic rings. The zero-order chi connectivity index (χ0) is 22.2. The van der Waals surface area contributed by atoms with E-state index >= 15 is 0 Å². The number of rotatable bonds is 10. The molecule has 4 rings (SSSR count). The van der Waals surface area contributed by atoms with Crippen LogP contribution in [0.1, 0.15) is 51.5 Å². The fraction of sp³-hybridized carbons (Fsp3) is 0.417. The zero-order valence-corrected chi connectivity index (χ0v) is 19.6. The highest BCUT2D eigenvalue weighted by Gasteiger charge is 2.27. The zero-order valence-electron chi connectivity index (χ0n) is 18.8. The third kappa shape index (κ3) is 5.55. The predicted octanol–water partition coefficient (Wildman–Crippen LogP) is 5.26. The molecular weight excluding hydrogens is 418 g/mol. The number of hydrogen-bond donors (Lipinski definition) is 2. The van der Waals surface area contributed by atoms with Gasteiger partial charge in [0.25, 0.3) is 0 Å². The lowest BCUT2D eigenvalue weighted by Crippen LogP contribution is -2.37. The second-order valence-electron chi connectivity index (χ2n) is 7.96. The van der Waals surface area contributed by atoms with Crippen molar-refractivity contribution in [2.45, 2.75) is 57.9 Å². The average molecular weight is 450 g/mol. The number of thioether (sulfide) groups is 1. The molecule has 1 saturated heterocycles. The summed E-state index contributed by atoms with van der Waals surface area (Å²) >= 11 is 1.86. The van der Waals surface area contributed by atoms with E-state index in [0.29, 0.717) is 11.2 Å². The third-order valence-electron chi connectivity index (χ3n) is 5.46. The van der Waals surface area contributed by atoms with Crippen molar-refractivity contribution in [1.29, 1.82) is 0 Å². The summed E-state index contributed by atoms with van der Waals surface area (Å²) in [6.45, 7) is 6.16. The number of aromatic amines is 1. The molecule has 2 N–H and O–H groups in total. The van der Waals surface area contributed by atoms with Gasteiger partial charge in [-0.1, -0.05) is 93.4 Å². The molecule has 0 spiro atoms. The third-order valence-corrected chi connectivity index (χ3v) is 6.64. The maximum atomic E-state index is 4.90. The molecule has 1 unspecified atom stereocenters. The van der Waals surface area contributed by atoms with E-state index in [1.165, 1.54) is 18.4 Å². The molecule has 32 heavy (non-hydrogen) atoms. The van der Waals surface area contributed by atoms with Crippen LogP contribution in [0, 0.1) is 0 Å². The highest BCUT2D eigenvalue weighted by atomic mass is 32.2. The molecule has 0 saturated carbocycles. The fourth-order valence-corrected chi connectivity index (χ4v) is 4.98. The summed E-state index contributed by atoms with van der Waals surface area (Å²) in [5.74, 6) is 0.605. The van der Waals surface area contributed by atoms with E-state index in [4.69, 9.17) is 4.99 Å². The van der Waals surface area contributed by atoms with Crippen molar-refractivity contribution in [2.24, 2.45) is 4.99 Å². The number of tetrazole rings is 1. The van der Waals surface area contributed by atoms with Gasteiger partial charge in [0, 0.05) is 12.1 Å². The SMILES string of the molecule is CCCCCN=C1SC(CCC)NN1Cc1ccc(-c2ccccc2-c2nn[nH]n2)cc1. The number of H-pyrrole nitrogens is 1. The summed E-state index contributed by atoms with van der Waals surface area (Å²) in [7, 11) is 0. The Hall–Kier alpha value is -2.71. The van der Waals surface area contributed by atoms with Gasteiger partial charge in [-0.25, -0.2) is 5.43 Å². The number of hydrazine groups is 1. The van der Waals surface area contributed by atoms with Crippen LogP contribution in [0.15, 0.2) is 53.5 Å². The molecule has 1 atom stereocenters. The Morgan fingerprint density at radius 1 is 1.00 bits per heavy atom. The lowest BCUT2D eigenvalue weighted by Gasteiger charge is -2.19. The van der Waals surface area contributed by atoms with E-state index in [-0.39, 0.29) is 0 Å². The quantitative estimate of drug-likeness (QED) is 0.411. The molecule has 168 valence electrons. The van der Waals surface area contributed by atoms with Crippen molar-refractivity contribution in [1.82, 2.24) is 31.1 Å². The van der Waals surface area contributed by atoms with Crippen molar-refractivity contribution in [3.63, 3.8) is 0 Å². The molecule has 3 aromatic rings. The number of unbranched alkanes of at least 4 members (excludes halogenated alkanes) is 2. The Balaban J connectivity index is 1.48. The van der Waals surface area contributed by atoms with Gasteiger partial charge < -0.3 is 0 Å². The first kappa shape index (κ1) is 22.5. The summed E-state index contributed by atoms with van der Waals surface area (Å²) < 4.78 is 0. The lowest BCUT2D eigenvalue weighted by atomic mass is 9.98. The van der Waals surface area contributed by atoms with Crippen LogP contribution in [0.3, 0.4) is 0 Å². The summed E-state index contributed by atoms with van der Waals surface area (Å²) in [6, 6.07) is 16.9. The van der Waals surface area contributed by atoms with E-state index in [0.717, 1.165) is 54.2 Å². The van der Waals surface area contributed by atoms with Gasteiger partial charge >= 0.3 is 0 Å². The number of amidine groups is 1. The molecule has 7 nitrogen and oxygen atoms in total. The monoisotopic (exact) mass is 449 g/mol. The summed E-state index contributed by atoms with van der Waals surface area (Å²) in [6.07, 6.45) is 5.92. The molecule has 2 aromatic carbocycles. The number of nitrogens with zero attached hydrogens (tertiary/aromatic N) is 5. The van der Waals surface area contributed by atoms with Crippen molar-refractivity contribution in [3.05, 3.63) is 54.1 Å². The van der Waals surface area contributed by atoms with Crippen molar-refractivity contribution in [3.8, 4) is 22.5 Å². The van der Waals surface area contributed by atoms with Crippen LogP contribution < -0.4 is 5.43 Å². The van der Waals surface area contributed by atoms with Crippen LogP contribution in [-0.2, 0) is 6.54 Å². The van der Waals surface area contributed by atoms with Crippen molar-refractivity contribution in [2.75, 3.05) is 6.54 Å². The van der Waals surface area contributed by atoms with Crippen molar-refractivity contribution < 1.29 is 0 Å². The largest absolute Gasteiger partial charge is 0.281 e. The van der Waals surface area contributed by atoms with Gasteiger partial charge in [-0.2, -0.15) is 5.21 Å². The van der Waals surface area contributed by atoms with E-state index in [1.54, 1.807) is 0 Å². The number of aliphatic imine (C=N–C) groups is 1. The molecule has 1 aromatic heterocycles. The van der Waals surface area contributed by atoms with Crippen LogP contribution in [0.25, 0.3) is 22.5 Å². The average Bonchev–Trinajstić information content (AvgIpc) is 3.48. The summed E-state index contributed by atoms with van der Waals surface area (Å²) in [4.78, 5) is 4.90. The minimum Gasteiger partial charge on any atom is -0.281 e. The van der Waals surface area contributed by atoms with Crippen molar-refractivity contribution >= 4 is 16.9 Å². The Morgan fingerprint density at radius 3 is 2.53 bits per heavy atom. The van der Waals surface area contributed by atoms with Crippen LogP contribution in [0.5, 0.6) is 0 Å². The molecule has 8 heteroatoms. The van der Waals surface area contributed by atoms with Crippen LogP contribution in [0.4, 0.5) is 0 Å². The molecular formula is C24H31N7S. The first-order valence-corrected chi connectivity index (χ1v) is 12.3. The minimum atomic E-state index is 0.408. The van der Waals surface area contributed by atoms with Gasteiger partial charge in [0.1, 0.15) is 0 Å². The van der Waals surface area contributed by atoms with Gasteiger partial charge in [0.15, 0.2) is 5.17 Å². The van der Waals surface area contributed by atoms with E-state index in [2.05, 4.69) is 75.2 Å². The molecule has 0 aliphatic carbocycles. The molecule has 2 heterocycles. The van der Waals surface area contributed by atoms with E-state index < -0.39 is 0 Å². The first-order valence-electron chi connectivity index (χ1n) is 11.5. The lowest BCUT2D eigenvalue weighted by molar-refractivity contribution is 0.301. The fourth-order valence-electron chi connectivity index (χ4n) is 3.78. The van der Waals surface area contributed by atoms with E-state index in [1.807, 2.05) is 30.0 Å². The maximum absolute atomic E-state index is 4.90. The van der Waals surface area contributed by atoms with Gasteiger partial charge in [-0.15, -0.1) is 10.2 Å². The Morgan fingerprint density at radius 2 is 1.81 bits per heavy atom. The predicted molar refractivity (Wildman–Crippen MR) is 132 cm³/mol. The Labute approximate surface area is 194 Å². The van der Waals surface area contributed by atoms with Gasteiger partial charge in [-0.05, 0) is 34.7 Å². The number of nitrogens with one attached hydrogen (secondary N) is 2. The van der Waals surface area contributed by atoms with Crippen LogP contribution in [0.2, 0.25) is 0 Å². The smallest absolute Gasteiger partial charge is 0.205 e. The molecule has 1 aliphatic heterocycles. The van der Waals surface area contributed by atoms with Crippen LogP contribution in [-0.4, -0.2) is 42.7 Å². The Kier molecular flexibility index (Phi) is 7.90. The number of benzene rings is 2.